The van der Waals surface area contributed by atoms with Gasteiger partial charge in [-0.3, -0.25) is 9.59 Å². The first-order chi connectivity index (χ1) is 13.6. The van der Waals surface area contributed by atoms with Gasteiger partial charge in [-0.15, -0.1) is 0 Å². The monoisotopic (exact) mass is 384 g/mol. The third-order valence-corrected chi connectivity index (χ3v) is 5.45. The highest BCUT2D eigenvalue weighted by Gasteiger charge is 2.17. The van der Waals surface area contributed by atoms with Gasteiger partial charge < -0.3 is 10.2 Å². The lowest BCUT2D eigenvalue weighted by atomic mass is 10.0. The van der Waals surface area contributed by atoms with Crippen LogP contribution in [0.25, 0.3) is 10.8 Å². The first-order valence-corrected chi connectivity index (χ1v) is 10.6. The van der Waals surface area contributed by atoms with Gasteiger partial charge in [-0.1, -0.05) is 32.0 Å². The van der Waals surface area contributed by atoms with Gasteiger partial charge in [-0.05, 0) is 57.2 Å². The number of benzene rings is 1. The van der Waals surface area contributed by atoms with Gasteiger partial charge in [0.25, 0.3) is 11.5 Å². The molecule has 1 aromatic carbocycles. The Labute approximate surface area is 166 Å². The van der Waals surface area contributed by atoms with Crippen molar-refractivity contribution in [1.82, 2.24) is 20.0 Å². The van der Waals surface area contributed by atoms with Crippen molar-refractivity contribution in [2.45, 2.75) is 52.5 Å². The van der Waals surface area contributed by atoms with Crippen LogP contribution in [0.5, 0.6) is 0 Å². The van der Waals surface area contributed by atoms with Crippen molar-refractivity contribution in [2.75, 3.05) is 26.2 Å². The molecule has 6 heteroatoms. The molecule has 1 atom stereocenters. The third-order valence-electron chi connectivity index (χ3n) is 5.45. The van der Waals surface area contributed by atoms with E-state index in [1.54, 1.807) is 12.1 Å². The fourth-order valence-electron chi connectivity index (χ4n) is 4.00. The standard InChI is InChI=1S/C22H32N4O2/c1-3-13-26-22(28)19-11-5-4-10-18(19)20(24-26)21(27)23-12-6-7-14-25-15-8-9-17(2)16-25/h4-5,10-11,17H,3,6-9,12-16H2,1-2H3,(H,23,27). The maximum Gasteiger partial charge on any atom is 0.274 e. The first-order valence-electron chi connectivity index (χ1n) is 10.6. The molecule has 0 spiro atoms. The molecule has 0 saturated carbocycles. The lowest BCUT2D eigenvalue weighted by molar-refractivity contribution is 0.0946. The summed E-state index contributed by atoms with van der Waals surface area (Å²) in [6, 6.07) is 7.22. The van der Waals surface area contributed by atoms with E-state index in [1.807, 2.05) is 19.1 Å². The zero-order valence-electron chi connectivity index (χ0n) is 17.1. The number of unbranched alkanes of at least 4 members (excludes halogenated alkanes) is 1. The third kappa shape index (κ3) is 4.98. The molecule has 152 valence electrons. The van der Waals surface area contributed by atoms with Crippen LogP contribution < -0.4 is 10.9 Å². The summed E-state index contributed by atoms with van der Waals surface area (Å²) < 4.78 is 1.41. The van der Waals surface area contributed by atoms with Crippen LogP contribution >= 0.6 is 0 Å². The highest BCUT2D eigenvalue weighted by Crippen LogP contribution is 2.16. The average Bonchev–Trinajstić information content (AvgIpc) is 2.70. The number of nitrogens with one attached hydrogen (secondary N) is 1. The van der Waals surface area contributed by atoms with E-state index in [-0.39, 0.29) is 11.5 Å². The van der Waals surface area contributed by atoms with E-state index in [1.165, 1.54) is 30.6 Å². The normalized spacial score (nSPS) is 17.7. The van der Waals surface area contributed by atoms with Gasteiger partial charge in [0, 0.05) is 25.0 Å². The van der Waals surface area contributed by atoms with Crippen LogP contribution in [-0.2, 0) is 6.54 Å². The second-order valence-corrected chi connectivity index (χ2v) is 7.93. The van der Waals surface area contributed by atoms with Crippen molar-refractivity contribution in [1.29, 1.82) is 0 Å². The molecule has 3 rings (SSSR count). The smallest absolute Gasteiger partial charge is 0.274 e. The molecule has 6 nitrogen and oxygen atoms in total. The Morgan fingerprint density at radius 3 is 2.75 bits per heavy atom. The van der Waals surface area contributed by atoms with E-state index in [9.17, 15) is 9.59 Å². The minimum absolute atomic E-state index is 0.134. The summed E-state index contributed by atoms with van der Waals surface area (Å²) in [5, 5.41) is 8.52. The van der Waals surface area contributed by atoms with E-state index < -0.39 is 0 Å². The Hall–Kier alpha value is -2.21. The summed E-state index contributed by atoms with van der Waals surface area (Å²) in [4.78, 5) is 27.8. The Morgan fingerprint density at radius 2 is 2.00 bits per heavy atom. The second-order valence-electron chi connectivity index (χ2n) is 7.93. The Morgan fingerprint density at radius 1 is 1.21 bits per heavy atom. The molecule has 1 aliphatic rings. The number of rotatable bonds is 8. The molecular weight excluding hydrogens is 352 g/mol. The van der Waals surface area contributed by atoms with Crippen LogP contribution in [0.4, 0.5) is 0 Å². The molecule has 1 N–H and O–H groups in total. The summed E-state index contributed by atoms with van der Waals surface area (Å²) in [5.74, 6) is 0.597. The molecule has 28 heavy (non-hydrogen) atoms. The highest BCUT2D eigenvalue weighted by atomic mass is 16.2. The largest absolute Gasteiger partial charge is 0.351 e. The highest BCUT2D eigenvalue weighted by molar-refractivity contribution is 6.04. The molecule has 1 amide bonds. The Balaban J connectivity index is 1.59. The van der Waals surface area contributed by atoms with E-state index in [0.717, 1.165) is 31.7 Å². The number of aryl methyl sites for hydroxylation is 1. The topological polar surface area (TPSA) is 67.2 Å². The van der Waals surface area contributed by atoms with Gasteiger partial charge >= 0.3 is 0 Å². The number of likely N-dealkylation sites (tertiary alicyclic amines) is 1. The van der Waals surface area contributed by atoms with Gasteiger partial charge in [0.2, 0.25) is 0 Å². The summed E-state index contributed by atoms with van der Waals surface area (Å²) >= 11 is 0. The Bertz CT molecular complexity index is 861. The number of nitrogens with zero attached hydrogens (tertiary/aromatic N) is 3. The molecular formula is C22H32N4O2. The van der Waals surface area contributed by atoms with E-state index in [0.29, 0.717) is 29.6 Å². The van der Waals surface area contributed by atoms with Crippen molar-refractivity contribution in [3.63, 3.8) is 0 Å². The number of carbonyl (C=O) groups is 1. The van der Waals surface area contributed by atoms with Crippen molar-refractivity contribution in [3.8, 4) is 0 Å². The molecule has 1 aromatic heterocycles. The zero-order valence-corrected chi connectivity index (χ0v) is 17.1. The molecule has 1 unspecified atom stereocenters. The minimum atomic E-state index is -0.201. The number of amides is 1. The molecule has 0 bridgehead atoms. The van der Waals surface area contributed by atoms with Gasteiger partial charge in [-0.25, -0.2) is 4.68 Å². The van der Waals surface area contributed by atoms with E-state index in [2.05, 4.69) is 22.2 Å². The average molecular weight is 385 g/mol. The molecule has 1 fully saturated rings. The van der Waals surface area contributed by atoms with Crippen LogP contribution in [-0.4, -0.2) is 46.8 Å². The predicted octanol–water partition coefficient (Wildman–Crippen LogP) is 3.05. The molecule has 2 aromatic rings. The molecule has 0 radical (unpaired) electrons. The van der Waals surface area contributed by atoms with Crippen LogP contribution in [0, 0.1) is 5.92 Å². The fourth-order valence-corrected chi connectivity index (χ4v) is 4.00. The number of fused-ring (bicyclic) bond motifs is 1. The number of piperidine rings is 1. The summed E-state index contributed by atoms with van der Waals surface area (Å²) in [6.07, 6.45) is 5.46. The summed E-state index contributed by atoms with van der Waals surface area (Å²) in [7, 11) is 0. The Kier molecular flexibility index (Phi) is 7.20. The summed E-state index contributed by atoms with van der Waals surface area (Å²) in [6.45, 7) is 8.95. The number of hydrogen-bond donors (Lipinski definition) is 1. The first kappa shape index (κ1) is 20.5. The predicted molar refractivity (Wildman–Crippen MR) is 113 cm³/mol. The SMILES string of the molecule is CCCn1nc(C(=O)NCCCCN2CCCC(C)C2)c2ccccc2c1=O. The number of aromatic nitrogens is 2. The lowest BCUT2D eigenvalue weighted by Gasteiger charge is -2.30. The zero-order chi connectivity index (χ0) is 19.9. The van der Waals surface area contributed by atoms with Crippen molar-refractivity contribution in [2.24, 2.45) is 5.92 Å². The van der Waals surface area contributed by atoms with Crippen molar-refractivity contribution in [3.05, 3.63) is 40.3 Å². The van der Waals surface area contributed by atoms with Crippen LogP contribution in [0.2, 0.25) is 0 Å². The van der Waals surface area contributed by atoms with Crippen molar-refractivity contribution >= 4 is 16.7 Å². The van der Waals surface area contributed by atoms with Crippen LogP contribution in [0.3, 0.4) is 0 Å². The van der Waals surface area contributed by atoms with E-state index >= 15 is 0 Å². The van der Waals surface area contributed by atoms with Gasteiger partial charge in [0.15, 0.2) is 5.69 Å². The molecule has 1 aliphatic heterocycles. The maximum absolute atomic E-state index is 12.7. The fraction of sp³-hybridized carbons (Fsp3) is 0.591. The quantitative estimate of drug-likeness (QED) is 0.711. The van der Waals surface area contributed by atoms with Gasteiger partial charge in [0.05, 0.1) is 5.39 Å². The van der Waals surface area contributed by atoms with E-state index in [4.69, 9.17) is 0 Å². The van der Waals surface area contributed by atoms with Crippen LogP contribution in [0.1, 0.15) is 56.4 Å². The minimum Gasteiger partial charge on any atom is -0.351 e. The molecule has 1 saturated heterocycles. The number of hydrogen-bond acceptors (Lipinski definition) is 4. The second kappa shape index (κ2) is 9.82. The van der Waals surface area contributed by atoms with Gasteiger partial charge in [0.1, 0.15) is 0 Å². The maximum atomic E-state index is 12.7. The van der Waals surface area contributed by atoms with Crippen molar-refractivity contribution < 1.29 is 4.79 Å². The van der Waals surface area contributed by atoms with Gasteiger partial charge in [-0.2, -0.15) is 5.10 Å². The van der Waals surface area contributed by atoms with Crippen LogP contribution in [0.15, 0.2) is 29.1 Å². The number of carbonyl (C=O) groups excluding carboxylic acids is 1. The summed E-state index contributed by atoms with van der Waals surface area (Å²) in [5.41, 5.74) is 0.207. The molecule has 2 heterocycles. The molecule has 0 aliphatic carbocycles. The lowest BCUT2D eigenvalue weighted by Crippen LogP contribution is -2.35.